The van der Waals surface area contributed by atoms with Gasteiger partial charge in [0.15, 0.2) is 11.5 Å². The molecular formula is C24H23BrN2O4. The summed E-state index contributed by atoms with van der Waals surface area (Å²) in [5.74, 6) is 1.35. The van der Waals surface area contributed by atoms with Crippen molar-refractivity contribution < 1.29 is 19.0 Å². The molecule has 7 heteroatoms. The first-order valence-corrected chi connectivity index (χ1v) is 10.3. The van der Waals surface area contributed by atoms with Gasteiger partial charge in [0.2, 0.25) is 0 Å². The molecule has 0 aliphatic heterocycles. The van der Waals surface area contributed by atoms with Crippen molar-refractivity contribution in [3.63, 3.8) is 0 Å². The van der Waals surface area contributed by atoms with E-state index in [1.165, 1.54) is 7.11 Å². The molecule has 0 aliphatic rings. The van der Waals surface area contributed by atoms with E-state index in [0.717, 1.165) is 21.2 Å². The molecular weight excluding hydrogens is 460 g/mol. The Hall–Kier alpha value is -3.32. The SMILES string of the molecule is COc1cc(/C=N\NC(=O)c2ccc(C)cc2OC)ccc1OCc1ccc(Br)cc1. The van der Waals surface area contributed by atoms with Crippen molar-refractivity contribution in [2.45, 2.75) is 13.5 Å². The molecule has 0 aliphatic carbocycles. The lowest BCUT2D eigenvalue weighted by molar-refractivity contribution is 0.0952. The zero-order valence-electron chi connectivity index (χ0n) is 17.5. The van der Waals surface area contributed by atoms with Crippen molar-refractivity contribution in [1.82, 2.24) is 5.43 Å². The van der Waals surface area contributed by atoms with Crippen LogP contribution in [0.2, 0.25) is 0 Å². The molecule has 1 amide bonds. The zero-order valence-corrected chi connectivity index (χ0v) is 19.1. The molecule has 160 valence electrons. The van der Waals surface area contributed by atoms with E-state index < -0.39 is 0 Å². The van der Waals surface area contributed by atoms with Crippen LogP contribution in [0.15, 0.2) is 70.2 Å². The number of hydrazone groups is 1. The zero-order chi connectivity index (χ0) is 22.2. The van der Waals surface area contributed by atoms with Gasteiger partial charge in [0.05, 0.1) is 26.0 Å². The van der Waals surface area contributed by atoms with E-state index in [1.807, 2.05) is 49.4 Å². The number of carbonyl (C=O) groups is 1. The van der Waals surface area contributed by atoms with Gasteiger partial charge >= 0.3 is 0 Å². The third kappa shape index (κ3) is 6.08. The van der Waals surface area contributed by atoms with Gasteiger partial charge in [-0.15, -0.1) is 0 Å². The molecule has 31 heavy (non-hydrogen) atoms. The van der Waals surface area contributed by atoms with Crippen molar-refractivity contribution >= 4 is 28.1 Å². The molecule has 0 saturated carbocycles. The second kappa shape index (κ2) is 10.6. The second-order valence-corrected chi connectivity index (χ2v) is 7.64. The van der Waals surface area contributed by atoms with Gasteiger partial charge in [0.25, 0.3) is 5.91 Å². The number of halogens is 1. The van der Waals surface area contributed by atoms with Gasteiger partial charge in [-0.25, -0.2) is 5.43 Å². The molecule has 3 aromatic carbocycles. The number of rotatable bonds is 8. The Balaban J connectivity index is 1.64. The Morgan fingerprint density at radius 3 is 2.42 bits per heavy atom. The first-order valence-electron chi connectivity index (χ1n) is 9.53. The number of ether oxygens (including phenoxy) is 3. The number of nitrogens with zero attached hydrogens (tertiary/aromatic N) is 1. The van der Waals surface area contributed by atoms with E-state index in [1.54, 1.807) is 31.5 Å². The fraction of sp³-hybridized carbons (Fsp3) is 0.167. The fourth-order valence-electron chi connectivity index (χ4n) is 2.84. The molecule has 0 fully saturated rings. The van der Waals surface area contributed by atoms with Gasteiger partial charge in [-0.2, -0.15) is 5.10 Å². The van der Waals surface area contributed by atoms with Crippen LogP contribution in [-0.2, 0) is 6.61 Å². The monoisotopic (exact) mass is 482 g/mol. The lowest BCUT2D eigenvalue weighted by Crippen LogP contribution is -2.18. The number of benzene rings is 3. The maximum absolute atomic E-state index is 12.4. The standard InChI is InChI=1S/C24H23BrN2O4/c1-16-4-10-20(22(12-16)29-2)24(28)27-26-14-18-7-11-21(23(13-18)30-3)31-15-17-5-8-19(25)9-6-17/h4-14H,15H2,1-3H3,(H,27,28)/b26-14-. The Morgan fingerprint density at radius 2 is 1.71 bits per heavy atom. The molecule has 0 atom stereocenters. The summed E-state index contributed by atoms with van der Waals surface area (Å²) in [6.07, 6.45) is 1.54. The van der Waals surface area contributed by atoms with Crippen molar-refractivity contribution in [3.05, 3.63) is 87.4 Å². The summed E-state index contributed by atoms with van der Waals surface area (Å²) < 4.78 is 17.6. The van der Waals surface area contributed by atoms with Crippen molar-refractivity contribution in [2.75, 3.05) is 14.2 Å². The van der Waals surface area contributed by atoms with E-state index >= 15 is 0 Å². The minimum Gasteiger partial charge on any atom is -0.496 e. The van der Waals surface area contributed by atoms with Crippen LogP contribution in [0.3, 0.4) is 0 Å². The highest BCUT2D eigenvalue weighted by atomic mass is 79.9. The molecule has 0 spiro atoms. The van der Waals surface area contributed by atoms with Crippen LogP contribution in [0.1, 0.15) is 27.0 Å². The largest absolute Gasteiger partial charge is 0.496 e. The summed E-state index contributed by atoms with van der Waals surface area (Å²) >= 11 is 3.42. The number of hydrogen-bond acceptors (Lipinski definition) is 5. The molecule has 0 unspecified atom stereocenters. The van der Waals surface area contributed by atoms with Gasteiger partial charge in [-0.1, -0.05) is 34.1 Å². The van der Waals surface area contributed by atoms with E-state index in [-0.39, 0.29) is 5.91 Å². The van der Waals surface area contributed by atoms with Crippen LogP contribution in [0.25, 0.3) is 0 Å². The molecule has 0 radical (unpaired) electrons. The fourth-order valence-corrected chi connectivity index (χ4v) is 3.10. The highest BCUT2D eigenvalue weighted by molar-refractivity contribution is 9.10. The maximum atomic E-state index is 12.4. The molecule has 3 aromatic rings. The predicted octanol–water partition coefficient (Wildman–Crippen LogP) is 5.12. The molecule has 1 N–H and O–H groups in total. The predicted molar refractivity (Wildman–Crippen MR) is 124 cm³/mol. The Kier molecular flexibility index (Phi) is 7.67. The van der Waals surface area contributed by atoms with Crippen molar-refractivity contribution in [2.24, 2.45) is 5.10 Å². The van der Waals surface area contributed by atoms with Crippen LogP contribution in [-0.4, -0.2) is 26.3 Å². The number of amides is 1. The van der Waals surface area contributed by atoms with Crippen LogP contribution in [0.5, 0.6) is 17.2 Å². The summed E-state index contributed by atoms with van der Waals surface area (Å²) in [6, 6.07) is 18.7. The highest BCUT2D eigenvalue weighted by Crippen LogP contribution is 2.28. The Labute approximate surface area is 190 Å². The van der Waals surface area contributed by atoms with Crippen LogP contribution < -0.4 is 19.6 Å². The summed E-state index contributed by atoms with van der Waals surface area (Å²) in [6.45, 7) is 2.35. The van der Waals surface area contributed by atoms with E-state index in [9.17, 15) is 4.79 Å². The molecule has 0 heterocycles. The highest BCUT2D eigenvalue weighted by Gasteiger charge is 2.11. The lowest BCUT2D eigenvalue weighted by Gasteiger charge is -2.11. The minimum atomic E-state index is -0.352. The molecule has 0 saturated heterocycles. The quantitative estimate of drug-likeness (QED) is 0.357. The van der Waals surface area contributed by atoms with Gasteiger partial charge < -0.3 is 14.2 Å². The van der Waals surface area contributed by atoms with E-state index in [0.29, 0.717) is 29.4 Å². The number of nitrogens with one attached hydrogen (secondary N) is 1. The average Bonchev–Trinajstić information content (AvgIpc) is 2.78. The number of methoxy groups -OCH3 is 2. The second-order valence-electron chi connectivity index (χ2n) is 6.73. The Morgan fingerprint density at radius 1 is 0.968 bits per heavy atom. The van der Waals surface area contributed by atoms with Crippen LogP contribution in [0, 0.1) is 6.92 Å². The molecule has 0 aromatic heterocycles. The first-order chi connectivity index (χ1) is 15.0. The smallest absolute Gasteiger partial charge is 0.275 e. The van der Waals surface area contributed by atoms with Crippen LogP contribution in [0.4, 0.5) is 0 Å². The summed E-state index contributed by atoms with van der Waals surface area (Å²) in [5, 5.41) is 4.04. The number of hydrogen-bond donors (Lipinski definition) is 1. The maximum Gasteiger partial charge on any atom is 0.275 e. The molecule has 3 rings (SSSR count). The molecule has 0 bridgehead atoms. The summed E-state index contributed by atoms with van der Waals surface area (Å²) in [5.41, 5.74) is 5.74. The third-order valence-corrected chi connectivity index (χ3v) is 5.01. The van der Waals surface area contributed by atoms with Crippen molar-refractivity contribution in [1.29, 1.82) is 0 Å². The Bertz CT molecular complexity index is 1080. The van der Waals surface area contributed by atoms with Gasteiger partial charge in [-0.3, -0.25) is 4.79 Å². The van der Waals surface area contributed by atoms with Crippen molar-refractivity contribution in [3.8, 4) is 17.2 Å². The third-order valence-electron chi connectivity index (χ3n) is 4.48. The summed E-state index contributed by atoms with van der Waals surface area (Å²) in [4.78, 5) is 12.4. The lowest BCUT2D eigenvalue weighted by atomic mass is 10.1. The van der Waals surface area contributed by atoms with E-state index in [4.69, 9.17) is 14.2 Å². The van der Waals surface area contributed by atoms with Gasteiger partial charge in [-0.05, 0) is 66.1 Å². The number of carbonyl (C=O) groups excluding carboxylic acids is 1. The first kappa shape index (κ1) is 22.4. The number of aryl methyl sites for hydroxylation is 1. The topological polar surface area (TPSA) is 69.2 Å². The minimum absolute atomic E-state index is 0.352. The van der Waals surface area contributed by atoms with Crippen LogP contribution >= 0.6 is 15.9 Å². The molecule has 6 nitrogen and oxygen atoms in total. The average molecular weight is 483 g/mol. The normalized spacial score (nSPS) is 10.7. The van der Waals surface area contributed by atoms with Gasteiger partial charge in [0.1, 0.15) is 12.4 Å². The van der Waals surface area contributed by atoms with E-state index in [2.05, 4.69) is 26.5 Å². The van der Waals surface area contributed by atoms with Gasteiger partial charge in [0, 0.05) is 4.47 Å². The summed E-state index contributed by atoms with van der Waals surface area (Å²) in [7, 11) is 3.11.